The highest BCUT2D eigenvalue weighted by Gasteiger charge is 2.18. The number of nitrogens with one attached hydrogen (secondary N) is 1. The zero-order chi connectivity index (χ0) is 48.5. The summed E-state index contributed by atoms with van der Waals surface area (Å²) in [6.45, 7) is 4.20. The zero-order valence-electron chi connectivity index (χ0n) is 44.7. The summed E-state index contributed by atoms with van der Waals surface area (Å²) < 4.78 is 0. The maximum absolute atomic E-state index is 12.5. The molecule has 0 saturated heterocycles. The van der Waals surface area contributed by atoms with E-state index in [1.165, 1.54) is 205 Å². The van der Waals surface area contributed by atoms with Crippen LogP contribution in [0.3, 0.4) is 0 Å². The van der Waals surface area contributed by atoms with E-state index in [4.69, 9.17) is 0 Å². The van der Waals surface area contributed by atoms with Crippen molar-refractivity contribution in [1.82, 2.24) is 5.32 Å². The van der Waals surface area contributed by atoms with E-state index in [0.717, 1.165) is 64.2 Å². The van der Waals surface area contributed by atoms with Gasteiger partial charge in [0.25, 0.3) is 0 Å². The second kappa shape index (κ2) is 57.9. The van der Waals surface area contributed by atoms with Gasteiger partial charge in [-0.1, -0.05) is 292 Å². The first kappa shape index (κ1) is 64.6. The molecule has 0 heterocycles. The van der Waals surface area contributed by atoms with E-state index >= 15 is 0 Å². The maximum atomic E-state index is 12.5. The molecule has 0 saturated carbocycles. The van der Waals surface area contributed by atoms with Gasteiger partial charge in [-0.25, -0.2) is 0 Å². The maximum Gasteiger partial charge on any atom is 0.220 e. The molecule has 2 atom stereocenters. The SMILES string of the molecule is CC/C=C\C/C=C\C/C=C\C/C=C\C/C=C\CCCCCCCCCCCCCCCCCC(=O)NC(CO)C(O)/C=C/CC/C=C/CCCCCCCCCCCCCCCCCCCC. The lowest BCUT2D eigenvalue weighted by atomic mass is 10.0. The number of amides is 1. The Morgan fingerprint density at radius 3 is 1.04 bits per heavy atom. The van der Waals surface area contributed by atoms with Crippen LogP contribution in [-0.4, -0.2) is 34.9 Å². The first-order valence-electron chi connectivity index (χ1n) is 29.3. The van der Waals surface area contributed by atoms with Gasteiger partial charge in [0.1, 0.15) is 0 Å². The van der Waals surface area contributed by atoms with Crippen LogP contribution in [0.2, 0.25) is 0 Å². The molecule has 0 spiro atoms. The number of hydrogen-bond donors (Lipinski definition) is 3. The highest BCUT2D eigenvalue weighted by molar-refractivity contribution is 5.76. The fraction of sp³-hybridized carbons (Fsp3) is 0.762. The number of aliphatic hydroxyl groups is 2. The molecule has 67 heavy (non-hydrogen) atoms. The van der Waals surface area contributed by atoms with Gasteiger partial charge in [-0.05, 0) is 77.0 Å². The first-order valence-corrected chi connectivity index (χ1v) is 29.3. The number of carbonyl (C=O) groups excluding carboxylic acids is 1. The molecule has 2 unspecified atom stereocenters. The predicted octanol–water partition coefficient (Wildman–Crippen LogP) is 19.5. The van der Waals surface area contributed by atoms with Gasteiger partial charge >= 0.3 is 0 Å². The molecule has 4 heteroatoms. The number of carbonyl (C=O) groups is 1. The van der Waals surface area contributed by atoms with Gasteiger partial charge in [-0.15, -0.1) is 0 Å². The second-order valence-corrected chi connectivity index (χ2v) is 19.7. The zero-order valence-corrected chi connectivity index (χ0v) is 44.7. The number of rotatable bonds is 53. The Hall–Kier alpha value is -2.43. The minimum absolute atomic E-state index is 0.0737. The van der Waals surface area contributed by atoms with Crippen molar-refractivity contribution < 1.29 is 15.0 Å². The summed E-state index contributed by atoms with van der Waals surface area (Å²) in [5.74, 6) is -0.0737. The Labute approximate surface area is 418 Å². The van der Waals surface area contributed by atoms with Crippen molar-refractivity contribution in [2.75, 3.05) is 6.61 Å². The van der Waals surface area contributed by atoms with Crippen molar-refractivity contribution in [2.45, 2.75) is 302 Å². The monoisotopic (exact) mass is 932 g/mol. The third kappa shape index (κ3) is 54.4. The molecule has 4 nitrogen and oxygen atoms in total. The van der Waals surface area contributed by atoms with E-state index in [2.05, 4.69) is 92.1 Å². The molecule has 0 fully saturated rings. The van der Waals surface area contributed by atoms with Crippen LogP contribution >= 0.6 is 0 Å². The van der Waals surface area contributed by atoms with Crippen LogP contribution in [0, 0.1) is 0 Å². The summed E-state index contributed by atoms with van der Waals surface area (Å²) in [4.78, 5) is 12.5. The molecule has 0 rings (SSSR count). The van der Waals surface area contributed by atoms with Crippen LogP contribution in [-0.2, 0) is 4.79 Å². The Kier molecular flexibility index (Phi) is 55.8. The van der Waals surface area contributed by atoms with Crippen molar-refractivity contribution in [1.29, 1.82) is 0 Å². The van der Waals surface area contributed by atoms with Crippen LogP contribution in [0.1, 0.15) is 290 Å². The molecule has 0 bridgehead atoms. The van der Waals surface area contributed by atoms with E-state index in [1.54, 1.807) is 6.08 Å². The lowest BCUT2D eigenvalue weighted by Crippen LogP contribution is -2.45. The Bertz CT molecular complexity index is 1190. The molecule has 0 aromatic heterocycles. The van der Waals surface area contributed by atoms with E-state index < -0.39 is 12.1 Å². The smallest absolute Gasteiger partial charge is 0.220 e. The number of hydrogen-bond acceptors (Lipinski definition) is 3. The van der Waals surface area contributed by atoms with E-state index in [1.807, 2.05) is 6.08 Å². The lowest BCUT2D eigenvalue weighted by molar-refractivity contribution is -0.123. The molecule has 0 aromatic rings. The third-order valence-electron chi connectivity index (χ3n) is 13.1. The summed E-state index contributed by atoms with van der Waals surface area (Å²) in [6.07, 6.45) is 84.7. The van der Waals surface area contributed by atoms with Crippen molar-refractivity contribution in [3.05, 3.63) is 85.1 Å². The topological polar surface area (TPSA) is 69.6 Å². The molecule has 388 valence electrons. The van der Waals surface area contributed by atoms with Crippen LogP contribution in [0.5, 0.6) is 0 Å². The number of allylic oxidation sites excluding steroid dienone is 13. The first-order chi connectivity index (χ1) is 33.2. The van der Waals surface area contributed by atoms with Crippen LogP contribution < -0.4 is 5.32 Å². The summed E-state index contributed by atoms with van der Waals surface area (Å²) in [5, 5.41) is 23.2. The van der Waals surface area contributed by atoms with Gasteiger partial charge in [-0.3, -0.25) is 4.79 Å². The summed E-state index contributed by atoms with van der Waals surface area (Å²) in [7, 11) is 0. The molecule has 0 radical (unpaired) electrons. The summed E-state index contributed by atoms with van der Waals surface area (Å²) in [6, 6.07) is -0.644. The van der Waals surface area contributed by atoms with Crippen LogP contribution in [0.4, 0.5) is 0 Å². The molecule has 0 aliphatic rings. The molecule has 0 aromatic carbocycles. The van der Waals surface area contributed by atoms with Crippen molar-refractivity contribution in [3.8, 4) is 0 Å². The number of aliphatic hydroxyl groups excluding tert-OH is 2. The summed E-state index contributed by atoms with van der Waals surface area (Å²) >= 11 is 0. The largest absolute Gasteiger partial charge is 0.394 e. The summed E-state index contributed by atoms with van der Waals surface area (Å²) in [5.41, 5.74) is 0. The van der Waals surface area contributed by atoms with Gasteiger partial charge in [0.05, 0.1) is 18.8 Å². The highest BCUT2D eigenvalue weighted by Crippen LogP contribution is 2.17. The van der Waals surface area contributed by atoms with Crippen molar-refractivity contribution in [2.24, 2.45) is 0 Å². The van der Waals surface area contributed by atoms with E-state index in [-0.39, 0.29) is 12.5 Å². The Morgan fingerprint density at radius 2 is 0.672 bits per heavy atom. The quantitative estimate of drug-likeness (QED) is 0.0420. The minimum Gasteiger partial charge on any atom is -0.394 e. The van der Waals surface area contributed by atoms with Crippen LogP contribution in [0.15, 0.2) is 85.1 Å². The standard InChI is InChI=1S/C63H113NO3/c1-3-5-7-9-11-13-15-17-19-21-23-25-27-29-30-31-32-33-34-35-37-39-41-43-45-47-49-51-53-55-57-59-63(67)64-61(60-65)62(66)58-56-54-52-50-48-46-44-42-40-38-36-28-26-24-22-20-18-16-14-12-10-8-6-4-2/h5,7,11,13,17,19,23,25,29-30,48,50,56,58,61-62,65-66H,3-4,6,8-10,12,14-16,18,20-22,24,26-28,31-47,49,51-55,57,59-60H2,1-2H3,(H,64,67)/b7-5-,13-11-,19-17-,25-23-,30-29-,50-48+,58-56+. The predicted molar refractivity (Wildman–Crippen MR) is 299 cm³/mol. The molecule has 0 aliphatic carbocycles. The Balaban J connectivity index is 3.54. The normalized spacial score (nSPS) is 13.4. The van der Waals surface area contributed by atoms with Gasteiger partial charge < -0.3 is 15.5 Å². The molecule has 1 amide bonds. The average molecular weight is 933 g/mol. The average Bonchev–Trinajstić information content (AvgIpc) is 3.33. The van der Waals surface area contributed by atoms with E-state index in [0.29, 0.717) is 6.42 Å². The Morgan fingerprint density at radius 1 is 0.373 bits per heavy atom. The van der Waals surface area contributed by atoms with Gasteiger partial charge in [-0.2, -0.15) is 0 Å². The van der Waals surface area contributed by atoms with Gasteiger partial charge in [0.2, 0.25) is 5.91 Å². The van der Waals surface area contributed by atoms with Crippen molar-refractivity contribution in [3.63, 3.8) is 0 Å². The molecular formula is C63H113NO3. The second-order valence-electron chi connectivity index (χ2n) is 19.7. The van der Waals surface area contributed by atoms with Gasteiger partial charge in [0, 0.05) is 6.42 Å². The van der Waals surface area contributed by atoms with E-state index in [9.17, 15) is 15.0 Å². The van der Waals surface area contributed by atoms with Crippen molar-refractivity contribution >= 4 is 5.91 Å². The fourth-order valence-electron chi connectivity index (χ4n) is 8.69. The lowest BCUT2D eigenvalue weighted by Gasteiger charge is -2.19. The number of unbranched alkanes of at least 4 members (excludes halogenated alkanes) is 34. The molecule has 3 N–H and O–H groups in total. The molecular weight excluding hydrogens is 819 g/mol. The van der Waals surface area contributed by atoms with Crippen LogP contribution in [0.25, 0.3) is 0 Å². The highest BCUT2D eigenvalue weighted by atomic mass is 16.3. The van der Waals surface area contributed by atoms with Gasteiger partial charge in [0.15, 0.2) is 0 Å². The molecule has 0 aliphatic heterocycles. The third-order valence-corrected chi connectivity index (χ3v) is 13.1. The fourth-order valence-corrected chi connectivity index (χ4v) is 8.69. The minimum atomic E-state index is -0.867.